The standard InChI is InChI=1S/C11H10ClFN2O/c1-7(16)11-9(13)3-2-4-10(11)15-6-8(12)5-14-15/h2-7,16H,1H3/t7-/m0/s1. The lowest BCUT2D eigenvalue weighted by molar-refractivity contribution is 0.194. The van der Waals surface area contributed by atoms with Crippen LogP contribution in [0.1, 0.15) is 18.6 Å². The molecule has 0 bridgehead atoms. The molecule has 5 heteroatoms. The third-order valence-corrected chi connectivity index (χ3v) is 2.44. The average Bonchev–Trinajstić information content (AvgIpc) is 2.63. The molecule has 0 fully saturated rings. The molecule has 2 rings (SSSR count). The van der Waals surface area contributed by atoms with Crippen LogP contribution in [0.5, 0.6) is 0 Å². The van der Waals surface area contributed by atoms with Gasteiger partial charge in [-0.05, 0) is 19.1 Å². The van der Waals surface area contributed by atoms with Crippen molar-refractivity contribution in [2.24, 2.45) is 0 Å². The first kappa shape index (κ1) is 11.1. The van der Waals surface area contributed by atoms with Crippen LogP contribution in [-0.2, 0) is 0 Å². The second-order valence-corrected chi connectivity index (χ2v) is 3.89. The summed E-state index contributed by atoms with van der Waals surface area (Å²) >= 11 is 5.74. The van der Waals surface area contributed by atoms with Crippen molar-refractivity contribution in [1.29, 1.82) is 0 Å². The van der Waals surface area contributed by atoms with Crippen molar-refractivity contribution in [3.05, 3.63) is 47.0 Å². The van der Waals surface area contributed by atoms with E-state index in [1.54, 1.807) is 18.3 Å². The Morgan fingerprint density at radius 2 is 2.25 bits per heavy atom. The van der Waals surface area contributed by atoms with Gasteiger partial charge >= 0.3 is 0 Å². The second kappa shape index (κ2) is 4.23. The van der Waals surface area contributed by atoms with Gasteiger partial charge in [0.2, 0.25) is 0 Å². The minimum Gasteiger partial charge on any atom is -0.389 e. The smallest absolute Gasteiger partial charge is 0.131 e. The van der Waals surface area contributed by atoms with Crippen LogP contribution in [0, 0.1) is 5.82 Å². The summed E-state index contributed by atoms with van der Waals surface area (Å²) in [7, 11) is 0. The zero-order valence-electron chi connectivity index (χ0n) is 8.56. The molecule has 1 aromatic heterocycles. The number of nitrogens with zero attached hydrogens (tertiary/aromatic N) is 2. The van der Waals surface area contributed by atoms with Crippen LogP contribution in [0.15, 0.2) is 30.6 Å². The van der Waals surface area contributed by atoms with Crippen molar-refractivity contribution in [3.63, 3.8) is 0 Å². The van der Waals surface area contributed by atoms with Crippen LogP contribution in [0.2, 0.25) is 5.02 Å². The number of aliphatic hydroxyl groups excluding tert-OH is 1. The number of aliphatic hydroxyl groups is 1. The number of aromatic nitrogens is 2. The van der Waals surface area contributed by atoms with Crippen molar-refractivity contribution in [2.45, 2.75) is 13.0 Å². The third kappa shape index (κ3) is 1.94. The summed E-state index contributed by atoms with van der Waals surface area (Å²) in [6.45, 7) is 1.51. The van der Waals surface area contributed by atoms with Crippen LogP contribution >= 0.6 is 11.6 Å². The van der Waals surface area contributed by atoms with Gasteiger partial charge in [-0.2, -0.15) is 5.10 Å². The average molecular weight is 241 g/mol. The quantitative estimate of drug-likeness (QED) is 0.877. The van der Waals surface area contributed by atoms with Crippen LogP contribution in [-0.4, -0.2) is 14.9 Å². The third-order valence-electron chi connectivity index (χ3n) is 2.25. The van der Waals surface area contributed by atoms with E-state index in [9.17, 15) is 9.50 Å². The largest absolute Gasteiger partial charge is 0.389 e. The lowest BCUT2D eigenvalue weighted by Crippen LogP contribution is -2.05. The molecular weight excluding hydrogens is 231 g/mol. The first-order chi connectivity index (χ1) is 7.59. The molecule has 3 nitrogen and oxygen atoms in total. The van der Waals surface area contributed by atoms with E-state index in [2.05, 4.69) is 5.10 Å². The molecule has 2 aromatic rings. The number of benzene rings is 1. The van der Waals surface area contributed by atoms with Crippen molar-refractivity contribution in [3.8, 4) is 5.69 Å². The van der Waals surface area contributed by atoms with Crippen molar-refractivity contribution < 1.29 is 9.50 Å². The van der Waals surface area contributed by atoms with Crippen LogP contribution in [0.25, 0.3) is 5.69 Å². The summed E-state index contributed by atoms with van der Waals surface area (Å²) in [5.41, 5.74) is 0.698. The molecule has 0 saturated carbocycles. The number of halogens is 2. The van der Waals surface area contributed by atoms with E-state index in [1.807, 2.05) is 0 Å². The zero-order chi connectivity index (χ0) is 11.7. The molecule has 1 aromatic carbocycles. The Morgan fingerprint density at radius 3 is 2.81 bits per heavy atom. The van der Waals surface area contributed by atoms with Gasteiger partial charge in [-0.25, -0.2) is 9.07 Å². The molecule has 1 N–H and O–H groups in total. The lowest BCUT2D eigenvalue weighted by Gasteiger charge is -2.12. The molecule has 0 radical (unpaired) electrons. The SMILES string of the molecule is C[C@H](O)c1c(F)cccc1-n1cc(Cl)cn1. The van der Waals surface area contributed by atoms with Gasteiger partial charge < -0.3 is 5.11 Å². The Hall–Kier alpha value is -1.39. The van der Waals surface area contributed by atoms with Crippen LogP contribution < -0.4 is 0 Å². The molecule has 1 atom stereocenters. The first-order valence-corrected chi connectivity index (χ1v) is 5.14. The highest BCUT2D eigenvalue weighted by atomic mass is 35.5. The minimum absolute atomic E-state index is 0.210. The fraction of sp³-hybridized carbons (Fsp3) is 0.182. The van der Waals surface area contributed by atoms with Gasteiger partial charge in [0.1, 0.15) is 5.82 Å². The van der Waals surface area contributed by atoms with E-state index in [1.165, 1.54) is 23.9 Å². The Kier molecular flexibility index (Phi) is 2.94. The molecule has 1 heterocycles. The maximum absolute atomic E-state index is 13.6. The molecule has 0 saturated heterocycles. The lowest BCUT2D eigenvalue weighted by atomic mass is 10.1. The fourth-order valence-corrected chi connectivity index (χ4v) is 1.71. The van der Waals surface area contributed by atoms with E-state index >= 15 is 0 Å². The summed E-state index contributed by atoms with van der Waals surface area (Å²) in [4.78, 5) is 0. The molecule has 0 aliphatic rings. The summed E-state index contributed by atoms with van der Waals surface area (Å²) in [5, 5.41) is 14.0. The summed E-state index contributed by atoms with van der Waals surface area (Å²) in [6, 6.07) is 4.54. The van der Waals surface area contributed by atoms with E-state index in [0.717, 1.165) is 0 Å². The number of hydrogen-bond acceptors (Lipinski definition) is 2. The highest BCUT2D eigenvalue weighted by Gasteiger charge is 2.15. The van der Waals surface area contributed by atoms with E-state index in [-0.39, 0.29) is 5.56 Å². The molecule has 0 aliphatic carbocycles. The normalized spacial score (nSPS) is 12.8. The number of hydrogen-bond donors (Lipinski definition) is 1. The zero-order valence-corrected chi connectivity index (χ0v) is 9.32. The van der Waals surface area contributed by atoms with Gasteiger partial charge in [0.15, 0.2) is 0 Å². The van der Waals surface area contributed by atoms with Gasteiger partial charge in [-0.3, -0.25) is 0 Å². The van der Waals surface area contributed by atoms with Crippen molar-refractivity contribution in [2.75, 3.05) is 0 Å². The van der Waals surface area contributed by atoms with E-state index in [0.29, 0.717) is 10.7 Å². The predicted molar refractivity (Wildman–Crippen MR) is 59.2 cm³/mol. The highest BCUT2D eigenvalue weighted by molar-refractivity contribution is 6.30. The summed E-state index contributed by atoms with van der Waals surface area (Å²) in [5.74, 6) is -0.459. The summed E-state index contributed by atoms with van der Waals surface area (Å²) < 4.78 is 15.0. The predicted octanol–water partition coefficient (Wildman–Crippen LogP) is 2.72. The van der Waals surface area contributed by atoms with Crippen LogP contribution in [0.3, 0.4) is 0 Å². The maximum atomic E-state index is 13.6. The summed E-state index contributed by atoms with van der Waals surface area (Å²) in [6.07, 6.45) is 2.11. The monoisotopic (exact) mass is 240 g/mol. The molecule has 0 unspecified atom stereocenters. The van der Waals surface area contributed by atoms with Gasteiger partial charge in [0, 0.05) is 11.8 Å². The highest BCUT2D eigenvalue weighted by Crippen LogP contribution is 2.24. The molecule has 0 aliphatic heterocycles. The molecule has 84 valence electrons. The minimum atomic E-state index is -0.904. The van der Waals surface area contributed by atoms with Gasteiger partial charge in [-0.1, -0.05) is 17.7 Å². The molecule has 0 amide bonds. The van der Waals surface area contributed by atoms with E-state index < -0.39 is 11.9 Å². The molecular formula is C11H10ClFN2O. The van der Waals surface area contributed by atoms with Crippen LogP contribution in [0.4, 0.5) is 4.39 Å². The van der Waals surface area contributed by atoms with Gasteiger partial charge in [0.25, 0.3) is 0 Å². The topological polar surface area (TPSA) is 38.0 Å². The second-order valence-electron chi connectivity index (χ2n) is 3.45. The van der Waals surface area contributed by atoms with Crippen molar-refractivity contribution >= 4 is 11.6 Å². The molecule has 16 heavy (non-hydrogen) atoms. The Morgan fingerprint density at radius 1 is 1.50 bits per heavy atom. The van der Waals surface area contributed by atoms with Gasteiger partial charge in [-0.15, -0.1) is 0 Å². The fourth-order valence-electron chi connectivity index (χ4n) is 1.57. The van der Waals surface area contributed by atoms with E-state index in [4.69, 9.17) is 11.6 Å². The van der Waals surface area contributed by atoms with Crippen molar-refractivity contribution in [1.82, 2.24) is 9.78 Å². The Balaban J connectivity index is 2.60. The first-order valence-electron chi connectivity index (χ1n) is 4.76. The Labute approximate surface area is 97.1 Å². The Bertz CT molecular complexity index is 510. The molecule has 0 spiro atoms. The van der Waals surface area contributed by atoms with Gasteiger partial charge in [0.05, 0.1) is 23.0 Å². The number of rotatable bonds is 2. The maximum Gasteiger partial charge on any atom is 0.131 e.